The van der Waals surface area contributed by atoms with Crippen LogP contribution in [-0.2, 0) is 5.41 Å². The Kier molecular flexibility index (Phi) is 4.80. The molecular weight excluding hydrogens is 452 g/mol. The van der Waals surface area contributed by atoms with Crippen LogP contribution in [0.2, 0.25) is 0 Å². The highest BCUT2D eigenvalue weighted by molar-refractivity contribution is 5.91. The zero-order valence-electron chi connectivity index (χ0n) is 20.8. The van der Waals surface area contributed by atoms with Crippen molar-refractivity contribution < 1.29 is 4.42 Å². The second-order valence-electron chi connectivity index (χ2n) is 10.1. The lowest BCUT2D eigenvalue weighted by Gasteiger charge is -2.28. The van der Waals surface area contributed by atoms with Gasteiger partial charge in [-0.25, -0.2) is 4.98 Å². The van der Waals surface area contributed by atoms with E-state index in [-0.39, 0.29) is 5.41 Å². The van der Waals surface area contributed by atoms with Crippen molar-refractivity contribution in [3.63, 3.8) is 0 Å². The minimum absolute atomic E-state index is 0.167. The maximum Gasteiger partial charge on any atom is 0.227 e. The third-order valence-electron chi connectivity index (χ3n) is 7.48. The number of aromatic nitrogens is 1. The zero-order chi connectivity index (χ0) is 25.0. The molecule has 6 aromatic rings. The van der Waals surface area contributed by atoms with Crippen molar-refractivity contribution in [1.82, 2.24) is 4.98 Å². The first kappa shape index (κ1) is 21.6. The molecule has 178 valence electrons. The average Bonchev–Trinajstić information content (AvgIpc) is 3.46. The van der Waals surface area contributed by atoms with Crippen LogP contribution in [-0.4, -0.2) is 4.98 Å². The summed E-state index contributed by atoms with van der Waals surface area (Å²) in [6.45, 7) is 4.61. The largest absolute Gasteiger partial charge is 0.436 e. The highest BCUT2D eigenvalue weighted by Crippen LogP contribution is 2.51. The van der Waals surface area contributed by atoms with Crippen LogP contribution < -0.4 is 4.90 Å². The standard InChI is InChI=1S/C34H26N2O/c1-34(2)29-20-26(36(24-14-8-4-9-15-24)25-16-10-5-11-17-25)18-19-27(29)28-21-32-31(22-30(28)34)35-33(37-32)23-12-6-3-7-13-23/h3-22H,1-2H3. The van der Waals surface area contributed by atoms with Gasteiger partial charge in [-0.3, -0.25) is 0 Å². The van der Waals surface area contributed by atoms with Gasteiger partial charge in [0.1, 0.15) is 5.52 Å². The summed E-state index contributed by atoms with van der Waals surface area (Å²) in [4.78, 5) is 7.16. The molecule has 3 nitrogen and oxygen atoms in total. The Hall–Kier alpha value is -4.63. The van der Waals surface area contributed by atoms with Gasteiger partial charge in [-0.05, 0) is 82.9 Å². The smallest absolute Gasteiger partial charge is 0.227 e. The van der Waals surface area contributed by atoms with Gasteiger partial charge < -0.3 is 9.32 Å². The number of para-hydroxylation sites is 2. The summed E-state index contributed by atoms with van der Waals surface area (Å²) in [5.41, 5.74) is 11.0. The van der Waals surface area contributed by atoms with Gasteiger partial charge in [-0.1, -0.05) is 74.5 Å². The molecular formula is C34H26N2O. The first-order valence-corrected chi connectivity index (χ1v) is 12.7. The van der Waals surface area contributed by atoms with Gasteiger partial charge in [0.2, 0.25) is 5.89 Å². The normalized spacial score (nSPS) is 13.4. The predicted octanol–water partition coefficient (Wildman–Crippen LogP) is 9.27. The topological polar surface area (TPSA) is 29.3 Å². The molecule has 0 saturated heterocycles. The Morgan fingerprint density at radius 3 is 1.84 bits per heavy atom. The van der Waals surface area contributed by atoms with Crippen molar-refractivity contribution in [2.45, 2.75) is 19.3 Å². The Balaban J connectivity index is 1.37. The van der Waals surface area contributed by atoms with Crippen molar-refractivity contribution in [2.75, 3.05) is 4.90 Å². The van der Waals surface area contributed by atoms with Crippen LogP contribution in [0.1, 0.15) is 25.0 Å². The molecule has 0 bridgehead atoms. The molecule has 5 aromatic carbocycles. The van der Waals surface area contributed by atoms with Crippen molar-refractivity contribution in [3.05, 3.63) is 132 Å². The van der Waals surface area contributed by atoms with E-state index >= 15 is 0 Å². The van der Waals surface area contributed by atoms with Crippen LogP contribution in [0.3, 0.4) is 0 Å². The highest BCUT2D eigenvalue weighted by atomic mass is 16.3. The average molecular weight is 479 g/mol. The van der Waals surface area contributed by atoms with Crippen molar-refractivity contribution in [3.8, 4) is 22.6 Å². The molecule has 1 heterocycles. The molecule has 1 aliphatic carbocycles. The summed E-state index contributed by atoms with van der Waals surface area (Å²) >= 11 is 0. The van der Waals surface area contributed by atoms with E-state index in [1.807, 2.05) is 30.3 Å². The molecule has 1 aliphatic rings. The second kappa shape index (κ2) is 8.21. The predicted molar refractivity (Wildman–Crippen MR) is 152 cm³/mol. The number of oxazole rings is 1. The first-order valence-electron chi connectivity index (χ1n) is 12.7. The van der Waals surface area contributed by atoms with E-state index in [2.05, 4.69) is 110 Å². The van der Waals surface area contributed by atoms with Gasteiger partial charge in [0.05, 0.1) is 0 Å². The molecule has 0 aliphatic heterocycles. The molecule has 0 amide bonds. The van der Waals surface area contributed by atoms with Gasteiger partial charge >= 0.3 is 0 Å². The van der Waals surface area contributed by atoms with Gasteiger partial charge in [0, 0.05) is 28.0 Å². The molecule has 0 radical (unpaired) electrons. The lowest BCUT2D eigenvalue weighted by Crippen LogP contribution is -2.16. The Morgan fingerprint density at radius 1 is 0.595 bits per heavy atom. The molecule has 0 fully saturated rings. The van der Waals surface area contributed by atoms with Gasteiger partial charge in [0.25, 0.3) is 0 Å². The van der Waals surface area contributed by atoms with Crippen molar-refractivity contribution in [1.29, 1.82) is 0 Å². The lowest BCUT2D eigenvalue weighted by atomic mass is 9.82. The molecule has 37 heavy (non-hydrogen) atoms. The maximum atomic E-state index is 6.22. The Bertz CT molecular complexity index is 1700. The monoisotopic (exact) mass is 478 g/mol. The molecule has 0 spiro atoms. The summed E-state index contributed by atoms with van der Waals surface area (Å²) in [7, 11) is 0. The first-order chi connectivity index (χ1) is 18.1. The number of rotatable bonds is 4. The van der Waals surface area contributed by atoms with E-state index in [9.17, 15) is 0 Å². The quantitative estimate of drug-likeness (QED) is 0.253. The number of fused-ring (bicyclic) bond motifs is 4. The maximum absolute atomic E-state index is 6.22. The van der Waals surface area contributed by atoms with E-state index < -0.39 is 0 Å². The van der Waals surface area contributed by atoms with Crippen LogP contribution in [0.25, 0.3) is 33.7 Å². The lowest BCUT2D eigenvalue weighted by molar-refractivity contribution is 0.619. The van der Waals surface area contributed by atoms with Gasteiger partial charge in [-0.2, -0.15) is 0 Å². The molecule has 0 N–H and O–H groups in total. The van der Waals surface area contributed by atoms with Crippen LogP contribution in [0.4, 0.5) is 17.1 Å². The fourth-order valence-electron chi connectivity index (χ4n) is 5.59. The summed E-state index contributed by atoms with van der Waals surface area (Å²) in [5.74, 6) is 0.661. The van der Waals surface area contributed by atoms with Crippen molar-refractivity contribution in [2.24, 2.45) is 0 Å². The Labute approximate surface area is 216 Å². The van der Waals surface area contributed by atoms with E-state index in [0.29, 0.717) is 5.89 Å². The zero-order valence-corrected chi connectivity index (χ0v) is 20.8. The van der Waals surface area contributed by atoms with Gasteiger partial charge in [-0.15, -0.1) is 0 Å². The Morgan fingerprint density at radius 2 is 1.19 bits per heavy atom. The van der Waals surface area contributed by atoms with Crippen LogP contribution in [0, 0.1) is 0 Å². The third kappa shape index (κ3) is 3.47. The second-order valence-corrected chi connectivity index (χ2v) is 10.1. The number of nitrogens with zero attached hydrogens (tertiary/aromatic N) is 2. The molecule has 0 saturated carbocycles. The molecule has 7 rings (SSSR count). The van der Waals surface area contributed by atoms with Crippen LogP contribution >= 0.6 is 0 Å². The molecule has 1 aromatic heterocycles. The fourth-order valence-corrected chi connectivity index (χ4v) is 5.59. The van der Waals surface area contributed by atoms with E-state index in [4.69, 9.17) is 9.40 Å². The summed E-state index contributed by atoms with van der Waals surface area (Å²) in [6.07, 6.45) is 0. The third-order valence-corrected chi connectivity index (χ3v) is 7.48. The molecule has 3 heteroatoms. The SMILES string of the molecule is CC1(C)c2cc(N(c3ccccc3)c3ccccc3)ccc2-c2cc3oc(-c4ccccc4)nc3cc21. The van der Waals surface area contributed by atoms with E-state index in [1.54, 1.807) is 0 Å². The number of hydrogen-bond acceptors (Lipinski definition) is 3. The van der Waals surface area contributed by atoms with Crippen molar-refractivity contribution >= 4 is 28.2 Å². The number of hydrogen-bond donors (Lipinski definition) is 0. The summed E-state index contributed by atoms with van der Waals surface area (Å²) < 4.78 is 6.22. The van der Waals surface area contributed by atoms with E-state index in [1.165, 1.54) is 22.3 Å². The van der Waals surface area contributed by atoms with Crippen LogP contribution in [0.5, 0.6) is 0 Å². The number of anilines is 3. The summed E-state index contributed by atoms with van der Waals surface area (Å²) in [6, 6.07) is 42.4. The minimum atomic E-state index is -0.167. The molecule has 0 atom stereocenters. The summed E-state index contributed by atoms with van der Waals surface area (Å²) in [5, 5.41) is 0. The van der Waals surface area contributed by atoms with Crippen LogP contribution in [0.15, 0.2) is 126 Å². The fraction of sp³-hybridized carbons (Fsp3) is 0.0882. The minimum Gasteiger partial charge on any atom is -0.436 e. The highest BCUT2D eigenvalue weighted by Gasteiger charge is 2.37. The number of benzene rings is 5. The van der Waals surface area contributed by atoms with Gasteiger partial charge in [0.15, 0.2) is 5.58 Å². The molecule has 0 unspecified atom stereocenters. The van der Waals surface area contributed by atoms with E-state index in [0.717, 1.165) is 33.7 Å².